The van der Waals surface area contributed by atoms with Gasteiger partial charge in [0.15, 0.2) is 0 Å². The van der Waals surface area contributed by atoms with E-state index in [2.05, 4.69) is 5.32 Å². The van der Waals surface area contributed by atoms with Crippen LogP contribution in [0.4, 0.5) is 0 Å². The lowest BCUT2D eigenvalue weighted by Crippen LogP contribution is -2.54. The van der Waals surface area contributed by atoms with Crippen molar-refractivity contribution >= 4 is 23.6 Å². The Balaban J connectivity index is 1.57. The molecule has 8 heteroatoms. The summed E-state index contributed by atoms with van der Waals surface area (Å²) in [5, 5.41) is 2.17. The Morgan fingerprint density at radius 3 is 2.48 bits per heavy atom. The van der Waals surface area contributed by atoms with Crippen molar-refractivity contribution in [3.63, 3.8) is 0 Å². The first-order valence-corrected chi connectivity index (χ1v) is 8.22. The van der Waals surface area contributed by atoms with E-state index in [1.807, 2.05) is 0 Å². The van der Waals surface area contributed by atoms with E-state index in [4.69, 9.17) is 10.5 Å². The van der Waals surface area contributed by atoms with Crippen LogP contribution in [0.2, 0.25) is 0 Å². The molecule has 0 aromatic heterocycles. The molecule has 3 aliphatic rings. The van der Waals surface area contributed by atoms with E-state index in [0.717, 1.165) is 17.7 Å². The van der Waals surface area contributed by atoms with Crippen molar-refractivity contribution in [1.29, 1.82) is 0 Å². The number of amides is 4. The summed E-state index contributed by atoms with van der Waals surface area (Å²) in [5.74, 6) is -1.57. The van der Waals surface area contributed by atoms with E-state index in [0.29, 0.717) is 5.75 Å². The van der Waals surface area contributed by atoms with Gasteiger partial charge in [0.1, 0.15) is 17.9 Å². The number of fused-ring (bicyclic) bond motifs is 1. The second-order valence-electron chi connectivity index (χ2n) is 6.63. The molecule has 1 saturated carbocycles. The van der Waals surface area contributed by atoms with Crippen LogP contribution in [0.5, 0.6) is 5.75 Å². The maximum atomic E-state index is 12.7. The number of piperidine rings is 1. The topological polar surface area (TPSA) is 119 Å². The van der Waals surface area contributed by atoms with Crippen molar-refractivity contribution in [3.8, 4) is 5.75 Å². The summed E-state index contributed by atoms with van der Waals surface area (Å²) in [6, 6.07) is 3.90. The average molecular weight is 343 g/mol. The molecule has 1 aliphatic carbocycles. The van der Waals surface area contributed by atoms with Gasteiger partial charge in [-0.25, -0.2) is 0 Å². The van der Waals surface area contributed by atoms with E-state index in [1.54, 1.807) is 6.07 Å². The van der Waals surface area contributed by atoms with E-state index in [-0.39, 0.29) is 36.1 Å². The Hall–Kier alpha value is -2.74. The van der Waals surface area contributed by atoms with Crippen molar-refractivity contribution in [3.05, 3.63) is 29.3 Å². The van der Waals surface area contributed by atoms with Gasteiger partial charge in [-0.2, -0.15) is 0 Å². The molecule has 3 N–H and O–H groups in total. The van der Waals surface area contributed by atoms with Crippen LogP contribution >= 0.6 is 0 Å². The molecule has 0 bridgehead atoms. The predicted molar refractivity (Wildman–Crippen MR) is 84.7 cm³/mol. The molecule has 130 valence electrons. The van der Waals surface area contributed by atoms with Crippen molar-refractivity contribution in [2.45, 2.75) is 43.9 Å². The summed E-state index contributed by atoms with van der Waals surface area (Å²) in [7, 11) is 0. The zero-order valence-corrected chi connectivity index (χ0v) is 13.4. The summed E-state index contributed by atoms with van der Waals surface area (Å²) < 4.78 is 5.76. The number of carbonyl (C=O) groups excluding carboxylic acids is 4. The van der Waals surface area contributed by atoms with Crippen LogP contribution in [0.3, 0.4) is 0 Å². The summed E-state index contributed by atoms with van der Waals surface area (Å²) >= 11 is 0. The van der Waals surface area contributed by atoms with Crippen molar-refractivity contribution in [2.24, 2.45) is 5.73 Å². The molecule has 1 saturated heterocycles. The van der Waals surface area contributed by atoms with Gasteiger partial charge in [-0.15, -0.1) is 0 Å². The van der Waals surface area contributed by atoms with Crippen molar-refractivity contribution in [2.75, 3.05) is 0 Å². The maximum absolute atomic E-state index is 12.7. The molecule has 2 fully saturated rings. The Kier molecular flexibility index (Phi) is 3.57. The highest BCUT2D eigenvalue weighted by Gasteiger charge is 2.44. The zero-order valence-electron chi connectivity index (χ0n) is 13.4. The Morgan fingerprint density at radius 2 is 1.80 bits per heavy atom. The van der Waals surface area contributed by atoms with Crippen molar-refractivity contribution in [1.82, 2.24) is 10.2 Å². The van der Waals surface area contributed by atoms with Crippen LogP contribution in [0.1, 0.15) is 46.4 Å². The van der Waals surface area contributed by atoms with Crippen LogP contribution in [0.25, 0.3) is 0 Å². The monoisotopic (exact) mass is 343 g/mol. The fourth-order valence-corrected chi connectivity index (χ4v) is 3.42. The summed E-state index contributed by atoms with van der Waals surface area (Å²) in [5.41, 5.74) is 6.19. The fourth-order valence-electron chi connectivity index (χ4n) is 3.42. The van der Waals surface area contributed by atoms with Crippen molar-refractivity contribution < 1.29 is 23.9 Å². The third-order valence-corrected chi connectivity index (χ3v) is 4.85. The smallest absolute Gasteiger partial charge is 0.262 e. The minimum Gasteiger partial charge on any atom is -0.490 e. The molecule has 2 heterocycles. The second kappa shape index (κ2) is 5.66. The molecule has 2 aliphatic heterocycles. The van der Waals surface area contributed by atoms with Gasteiger partial charge in [0.25, 0.3) is 11.8 Å². The molecule has 1 atom stereocenters. The third kappa shape index (κ3) is 2.58. The van der Waals surface area contributed by atoms with E-state index < -0.39 is 29.7 Å². The van der Waals surface area contributed by atoms with Gasteiger partial charge in [-0.3, -0.25) is 29.4 Å². The SMILES string of the molecule is NC1CC(Oc2ccc3c(c2)C(=O)N(C2CCC(=O)NC2=O)C3=O)C1. The number of nitrogens with one attached hydrogen (secondary N) is 1. The molecule has 1 unspecified atom stereocenters. The quantitative estimate of drug-likeness (QED) is 0.743. The molecule has 8 nitrogen and oxygen atoms in total. The molecule has 1 aromatic carbocycles. The number of rotatable bonds is 3. The fraction of sp³-hybridized carbons (Fsp3) is 0.412. The number of hydrogen-bond acceptors (Lipinski definition) is 6. The number of carbonyl (C=O) groups is 4. The Labute approximate surface area is 143 Å². The predicted octanol–water partition coefficient (Wildman–Crippen LogP) is -0.0437. The zero-order chi connectivity index (χ0) is 17.7. The minimum absolute atomic E-state index is 0.0199. The molecule has 25 heavy (non-hydrogen) atoms. The molecule has 4 rings (SSSR count). The lowest BCUT2D eigenvalue weighted by atomic mass is 9.90. The second-order valence-corrected chi connectivity index (χ2v) is 6.63. The lowest BCUT2D eigenvalue weighted by Gasteiger charge is -2.32. The number of imide groups is 2. The van der Waals surface area contributed by atoms with Crippen LogP contribution in [0.15, 0.2) is 18.2 Å². The first kappa shape index (κ1) is 15.8. The van der Waals surface area contributed by atoms with Crippen LogP contribution < -0.4 is 15.8 Å². The van der Waals surface area contributed by atoms with Gasteiger partial charge in [0.05, 0.1) is 11.1 Å². The number of benzene rings is 1. The highest BCUT2D eigenvalue weighted by Crippen LogP contribution is 2.32. The van der Waals surface area contributed by atoms with Crippen LogP contribution in [0, 0.1) is 0 Å². The normalized spacial score (nSPS) is 28.5. The van der Waals surface area contributed by atoms with E-state index >= 15 is 0 Å². The average Bonchev–Trinajstić information content (AvgIpc) is 2.78. The van der Waals surface area contributed by atoms with Gasteiger partial charge in [-0.05, 0) is 37.5 Å². The molecular formula is C17H17N3O5. The van der Waals surface area contributed by atoms with E-state index in [9.17, 15) is 19.2 Å². The number of hydrogen-bond donors (Lipinski definition) is 2. The first-order chi connectivity index (χ1) is 11.9. The molecular weight excluding hydrogens is 326 g/mol. The van der Waals surface area contributed by atoms with Crippen LogP contribution in [-0.4, -0.2) is 46.7 Å². The molecule has 1 aromatic rings. The lowest BCUT2D eigenvalue weighted by molar-refractivity contribution is -0.136. The van der Waals surface area contributed by atoms with Gasteiger partial charge < -0.3 is 10.5 Å². The van der Waals surface area contributed by atoms with E-state index in [1.165, 1.54) is 12.1 Å². The van der Waals surface area contributed by atoms with Gasteiger partial charge in [0, 0.05) is 12.5 Å². The summed E-state index contributed by atoms with van der Waals surface area (Å²) in [4.78, 5) is 49.5. The number of nitrogens with two attached hydrogens (primary N) is 1. The highest BCUT2D eigenvalue weighted by molar-refractivity contribution is 6.23. The Morgan fingerprint density at radius 1 is 1.08 bits per heavy atom. The highest BCUT2D eigenvalue weighted by atomic mass is 16.5. The Bertz CT molecular complexity index is 799. The number of ether oxygens (including phenoxy) is 1. The van der Waals surface area contributed by atoms with Gasteiger partial charge in [0.2, 0.25) is 11.8 Å². The van der Waals surface area contributed by atoms with Gasteiger partial charge in [-0.1, -0.05) is 0 Å². The molecule has 0 spiro atoms. The first-order valence-electron chi connectivity index (χ1n) is 8.22. The minimum atomic E-state index is -0.959. The third-order valence-electron chi connectivity index (χ3n) is 4.85. The molecule has 0 radical (unpaired) electrons. The summed E-state index contributed by atoms with van der Waals surface area (Å²) in [6.45, 7) is 0. The maximum Gasteiger partial charge on any atom is 0.262 e. The largest absolute Gasteiger partial charge is 0.490 e. The number of nitrogens with zero attached hydrogens (tertiary/aromatic N) is 1. The van der Waals surface area contributed by atoms with Gasteiger partial charge >= 0.3 is 0 Å². The molecule has 4 amide bonds. The standard InChI is InChI=1S/C17H17N3O5/c18-8-5-10(6-8)25-9-1-2-11-12(7-9)17(24)20(16(11)23)13-3-4-14(21)19-15(13)22/h1-2,7-8,10,13H,3-6,18H2,(H,19,21,22). The van der Waals surface area contributed by atoms with Crippen LogP contribution in [-0.2, 0) is 9.59 Å². The summed E-state index contributed by atoms with van der Waals surface area (Å²) in [6.07, 6.45) is 1.77.